The van der Waals surface area contributed by atoms with Crippen LogP contribution in [0.1, 0.15) is 20.3 Å². The van der Waals surface area contributed by atoms with Crippen LogP contribution in [0.2, 0.25) is 6.82 Å². The van der Waals surface area contributed by atoms with Crippen molar-refractivity contribution in [2.45, 2.75) is 27.1 Å². The van der Waals surface area contributed by atoms with Gasteiger partial charge in [-0.1, -0.05) is 20.7 Å². The van der Waals surface area contributed by atoms with Gasteiger partial charge < -0.3 is 4.81 Å². The lowest BCUT2D eigenvalue weighted by Gasteiger charge is -2.26. The minimum Gasteiger partial charge on any atom is -0.333 e. The van der Waals surface area contributed by atoms with E-state index in [1.165, 1.54) is 4.81 Å². The molecule has 0 aromatic carbocycles. The summed E-state index contributed by atoms with van der Waals surface area (Å²) in [4.78, 5) is 24.3. The smallest absolute Gasteiger partial charge is 0.246 e. The maximum Gasteiger partial charge on any atom is 0.246 e. The number of hydrogen-bond acceptors (Lipinski definition) is 2. The molecule has 0 aliphatic carbocycles. The minimum atomic E-state index is -0.726. The Balaban J connectivity index is 2.86. The van der Waals surface area contributed by atoms with E-state index in [0.717, 1.165) is 0 Å². The highest BCUT2D eigenvalue weighted by molar-refractivity contribution is 6.42. The topological polar surface area (TPSA) is 37.4 Å². The van der Waals surface area contributed by atoms with Crippen LogP contribution in [0.3, 0.4) is 0 Å². The third-order valence-corrected chi connectivity index (χ3v) is 2.85. The molecule has 1 atom stereocenters. The first-order valence-electron chi connectivity index (χ1n) is 4.84. The van der Waals surface area contributed by atoms with E-state index in [0.29, 0.717) is 7.41 Å². The first-order chi connectivity index (χ1) is 6.44. The van der Waals surface area contributed by atoms with Crippen LogP contribution >= 0.6 is 0 Å². The maximum absolute atomic E-state index is 12.7. The molecule has 0 saturated carbocycles. The predicted molar refractivity (Wildman–Crippen MR) is 52.7 cm³/mol. The Bertz CT molecular complexity index is 268. The Morgan fingerprint density at radius 2 is 2.14 bits per heavy atom. The fraction of sp³-hybridized carbons (Fsp3) is 0.778. The van der Waals surface area contributed by atoms with Crippen LogP contribution in [0.5, 0.6) is 0 Å². The lowest BCUT2D eigenvalue weighted by atomic mass is 9.78. The molecule has 1 unspecified atom stereocenters. The molecule has 1 rings (SSSR count). The summed E-state index contributed by atoms with van der Waals surface area (Å²) in [5, 5.41) is 0. The summed E-state index contributed by atoms with van der Waals surface area (Å²) in [6, 6.07) is 0. The number of carbonyl (C=O) groups is 2. The molecule has 1 fully saturated rings. The van der Waals surface area contributed by atoms with Gasteiger partial charge in [-0.25, -0.2) is 0 Å². The summed E-state index contributed by atoms with van der Waals surface area (Å²) in [6.07, 6.45) is 0.156. The quantitative estimate of drug-likeness (QED) is 0.497. The zero-order valence-corrected chi connectivity index (χ0v) is 8.84. The van der Waals surface area contributed by atoms with E-state index in [9.17, 15) is 14.0 Å². The van der Waals surface area contributed by atoms with E-state index in [2.05, 4.69) is 0 Å². The summed E-state index contributed by atoms with van der Waals surface area (Å²) in [7, 11) is 0.385. The van der Waals surface area contributed by atoms with Gasteiger partial charge >= 0.3 is 0 Å². The fourth-order valence-electron chi connectivity index (χ4n) is 1.72. The molecule has 78 valence electrons. The average molecular weight is 199 g/mol. The van der Waals surface area contributed by atoms with Gasteiger partial charge in [0, 0.05) is 11.8 Å². The van der Waals surface area contributed by atoms with E-state index in [1.54, 1.807) is 20.7 Å². The molecule has 1 aliphatic heterocycles. The van der Waals surface area contributed by atoms with Gasteiger partial charge in [0.15, 0.2) is 0 Å². The molecule has 0 aromatic rings. The van der Waals surface area contributed by atoms with Gasteiger partial charge in [0.25, 0.3) is 0 Å². The van der Waals surface area contributed by atoms with Crippen molar-refractivity contribution in [2.24, 2.45) is 11.3 Å². The number of rotatable bonds is 3. The minimum absolute atomic E-state index is 0.156. The number of imide groups is 1. The number of amides is 2. The zero-order chi connectivity index (χ0) is 10.9. The third-order valence-electron chi connectivity index (χ3n) is 2.85. The van der Waals surface area contributed by atoms with Crippen molar-refractivity contribution in [3.05, 3.63) is 0 Å². The second-order valence-corrected chi connectivity index (χ2v) is 4.36. The van der Waals surface area contributed by atoms with Gasteiger partial charge in [-0.05, 0) is 0 Å². The standard InChI is InChI=1S/C9H15BFNO2/c1-9(2,5-11)6-4-7(13)12(10-3)8(6)14/h6,10H,4-5H2,1-3H3. The van der Waals surface area contributed by atoms with Crippen molar-refractivity contribution >= 4 is 19.2 Å². The van der Waals surface area contributed by atoms with E-state index >= 15 is 0 Å². The van der Waals surface area contributed by atoms with Crippen molar-refractivity contribution < 1.29 is 14.0 Å². The second kappa shape index (κ2) is 3.71. The van der Waals surface area contributed by atoms with Crippen molar-refractivity contribution in [3.8, 4) is 0 Å². The number of hydrogen-bond donors (Lipinski definition) is 0. The third kappa shape index (κ3) is 1.67. The Morgan fingerprint density at radius 1 is 1.57 bits per heavy atom. The van der Waals surface area contributed by atoms with Crippen LogP contribution in [0.4, 0.5) is 4.39 Å². The molecule has 0 aromatic heterocycles. The molecular weight excluding hydrogens is 184 g/mol. The summed E-state index contributed by atoms with van der Waals surface area (Å²) in [5.41, 5.74) is -0.726. The molecule has 14 heavy (non-hydrogen) atoms. The Hall–Kier alpha value is -0.865. The van der Waals surface area contributed by atoms with Crippen molar-refractivity contribution in [2.75, 3.05) is 6.67 Å². The Kier molecular flexibility index (Phi) is 2.97. The molecular formula is C9H15BFNO2. The lowest BCUT2D eigenvalue weighted by Crippen LogP contribution is -2.37. The van der Waals surface area contributed by atoms with Crippen LogP contribution < -0.4 is 0 Å². The van der Waals surface area contributed by atoms with E-state index in [4.69, 9.17) is 0 Å². The van der Waals surface area contributed by atoms with Gasteiger partial charge in [-0.2, -0.15) is 0 Å². The molecule has 0 N–H and O–H groups in total. The van der Waals surface area contributed by atoms with Crippen molar-refractivity contribution in [1.29, 1.82) is 0 Å². The highest BCUT2D eigenvalue weighted by Gasteiger charge is 2.45. The molecule has 0 spiro atoms. The van der Waals surface area contributed by atoms with Gasteiger partial charge in [0.2, 0.25) is 19.2 Å². The van der Waals surface area contributed by atoms with Crippen LogP contribution in [0, 0.1) is 11.3 Å². The number of carbonyl (C=O) groups excluding carboxylic acids is 2. The normalized spacial score (nSPS) is 23.1. The largest absolute Gasteiger partial charge is 0.333 e. The predicted octanol–water partition coefficient (Wildman–Crippen LogP) is 0.757. The SMILES string of the molecule is CBN1C(=O)CC(C(C)(C)CF)C1=O. The number of alkyl halides is 1. The monoisotopic (exact) mass is 199 g/mol. The molecule has 0 bridgehead atoms. The second-order valence-electron chi connectivity index (χ2n) is 4.36. The fourth-order valence-corrected chi connectivity index (χ4v) is 1.72. The first kappa shape index (κ1) is 11.2. The van der Waals surface area contributed by atoms with Crippen LogP contribution in [-0.4, -0.2) is 30.7 Å². The number of halogens is 1. The molecule has 1 aliphatic rings. The highest BCUT2D eigenvalue weighted by atomic mass is 19.1. The molecule has 3 nitrogen and oxygen atoms in total. The van der Waals surface area contributed by atoms with Gasteiger partial charge in [0.05, 0.1) is 12.6 Å². The maximum atomic E-state index is 12.7. The van der Waals surface area contributed by atoms with Gasteiger partial charge in [-0.15, -0.1) is 0 Å². The van der Waals surface area contributed by atoms with Crippen molar-refractivity contribution in [3.63, 3.8) is 0 Å². The van der Waals surface area contributed by atoms with Gasteiger partial charge in [-0.3, -0.25) is 14.0 Å². The lowest BCUT2D eigenvalue weighted by molar-refractivity contribution is -0.135. The highest BCUT2D eigenvalue weighted by Crippen LogP contribution is 2.35. The molecule has 2 amide bonds. The average Bonchev–Trinajstić information content (AvgIpc) is 2.42. The molecule has 1 saturated heterocycles. The van der Waals surface area contributed by atoms with Crippen molar-refractivity contribution in [1.82, 2.24) is 4.81 Å². The number of nitrogens with zero attached hydrogens (tertiary/aromatic N) is 1. The van der Waals surface area contributed by atoms with Crippen LogP contribution in [0.25, 0.3) is 0 Å². The van der Waals surface area contributed by atoms with Crippen LogP contribution in [0.15, 0.2) is 0 Å². The Morgan fingerprint density at radius 3 is 2.50 bits per heavy atom. The summed E-state index contributed by atoms with van der Waals surface area (Å²) >= 11 is 0. The van der Waals surface area contributed by atoms with E-state index in [1.807, 2.05) is 0 Å². The Labute approximate surface area is 83.9 Å². The summed E-state index contributed by atoms with van der Waals surface area (Å²) in [5.74, 6) is -0.885. The van der Waals surface area contributed by atoms with Crippen LogP contribution in [-0.2, 0) is 9.59 Å². The first-order valence-corrected chi connectivity index (χ1v) is 4.84. The van der Waals surface area contributed by atoms with E-state index < -0.39 is 18.0 Å². The van der Waals surface area contributed by atoms with E-state index in [-0.39, 0.29) is 18.2 Å². The summed E-state index contributed by atoms with van der Waals surface area (Å²) < 4.78 is 12.7. The zero-order valence-electron chi connectivity index (χ0n) is 8.84. The molecule has 0 radical (unpaired) electrons. The van der Waals surface area contributed by atoms with Gasteiger partial charge in [0.1, 0.15) is 0 Å². The summed E-state index contributed by atoms with van der Waals surface area (Å²) in [6.45, 7) is 4.54. The molecule has 5 heteroatoms. The molecule has 1 heterocycles.